The van der Waals surface area contributed by atoms with Gasteiger partial charge in [0.05, 0.1) is 0 Å². The predicted octanol–water partition coefficient (Wildman–Crippen LogP) is 6.83. The summed E-state index contributed by atoms with van der Waals surface area (Å²) in [6.45, 7) is 11.9. The van der Waals surface area contributed by atoms with Crippen LogP contribution in [0.15, 0.2) is 0 Å². The van der Waals surface area contributed by atoms with Crippen LogP contribution >= 0.6 is 0 Å². The maximum atomic E-state index is 12.1. The van der Waals surface area contributed by atoms with E-state index in [0.29, 0.717) is 12.8 Å². The monoisotopic (exact) mass is 456 g/mol. The minimum absolute atomic E-state index is 0.101. The fourth-order valence-corrected chi connectivity index (χ4v) is 3.37. The number of hydroxylamine groups is 4. The van der Waals surface area contributed by atoms with Crippen molar-refractivity contribution in [2.45, 2.75) is 130 Å². The highest BCUT2D eigenvalue weighted by molar-refractivity contribution is 5.69. The number of unbranched alkanes of at least 4 members (excludes halogenated alkanes) is 9. The highest BCUT2D eigenvalue weighted by Gasteiger charge is 2.12. The number of rotatable bonds is 23. The number of hydrogen-bond acceptors (Lipinski definition) is 6. The number of carbonyl (C=O) groups excluding carboxylic acids is 2. The molecular formula is C26H52N2O4. The molecule has 0 saturated heterocycles. The van der Waals surface area contributed by atoms with Crippen molar-refractivity contribution >= 4 is 11.9 Å². The van der Waals surface area contributed by atoms with E-state index in [0.717, 1.165) is 116 Å². The molecule has 0 fully saturated rings. The van der Waals surface area contributed by atoms with E-state index in [1.807, 2.05) is 10.1 Å². The third-order valence-corrected chi connectivity index (χ3v) is 5.52. The first-order valence-corrected chi connectivity index (χ1v) is 13.5. The Bertz CT molecular complexity index is 390. The molecule has 0 atom stereocenters. The molecule has 0 N–H and O–H groups in total. The van der Waals surface area contributed by atoms with Crippen LogP contribution in [0.3, 0.4) is 0 Å². The minimum atomic E-state index is -0.101. The molecule has 190 valence electrons. The van der Waals surface area contributed by atoms with Crippen LogP contribution in [0.2, 0.25) is 0 Å². The lowest BCUT2D eigenvalue weighted by Crippen LogP contribution is -2.29. The first-order chi connectivity index (χ1) is 15.6. The average molecular weight is 457 g/mol. The van der Waals surface area contributed by atoms with Gasteiger partial charge in [0.1, 0.15) is 0 Å². The van der Waals surface area contributed by atoms with Gasteiger partial charge < -0.3 is 9.68 Å². The number of hydrogen-bond donors (Lipinski definition) is 0. The van der Waals surface area contributed by atoms with Crippen molar-refractivity contribution in [2.75, 3.05) is 26.2 Å². The van der Waals surface area contributed by atoms with Crippen LogP contribution in [-0.2, 0) is 19.3 Å². The van der Waals surface area contributed by atoms with E-state index < -0.39 is 0 Å². The predicted molar refractivity (Wildman–Crippen MR) is 132 cm³/mol. The third kappa shape index (κ3) is 19.5. The van der Waals surface area contributed by atoms with E-state index in [-0.39, 0.29) is 11.9 Å². The fraction of sp³-hybridized carbons (Fsp3) is 0.923. The summed E-state index contributed by atoms with van der Waals surface area (Å²) in [5, 5.41) is 3.69. The van der Waals surface area contributed by atoms with Crippen LogP contribution in [0.4, 0.5) is 0 Å². The van der Waals surface area contributed by atoms with Crippen LogP contribution in [0.5, 0.6) is 0 Å². The van der Waals surface area contributed by atoms with Gasteiger partial charge in [0.15, 0.2) is 0 Å². The van der Waals surface area contributed by atoms with Gasteiger partial charge in [-0.2, -0.15) is 0 Å². The summed E-state index contributed by atoms with van der Waals surface area (Å²) >= 11 is 0. The summed E-state index contributed by atoms with van der Waals surface area (Å²) in [7, 11) is 0. The average Bonchev–Trinajstić information content (AvgIpc) is 2.79. The summed E-state index contributed by atoms with van der Waals surface area (Å²) in [5.41, 5.74) is 0. The molecule has 32 heavy (non-hydrogen) atoms. The lowest BCUT2D eigenvalue weighted by Gasteiger charge is -2.20. The molecule has 0 heterocycles. The molecule has 0 rings (SSSR count). The fourth-order valence-electron chi connectivity index (χ4n) is 3.37. The Morgan fingerprint density at radius 3 is 1.03 bits per heavy atom. The van der Waals surface area contributed by atoms with Gasteiger partial charge in [0, 0.05) is 39.0 Å². The topological polar surface area (TPSA) is 59.1 Å². The second-order valence-electron chi connectivity index (χ2n) is 8.82. The van der Waals surface area contributed by atoms with Gasteiger partial charge in [-0.25, -0.2) is 0 Å². The molecule has 0 amide bonds. The quantitative estimate of drug-likeness (QED) is 0.124. The van der Waals surface area contributed by atoms with E-state index in [1.54, 1.807) is 0 Å². The molecule has 6 heteroatoms. The smallest absolute Gasteiger partial charge is 0.325 e. The van der Waals surface area contributed by atoms with Crippen LogP contribution in [0.25, 0.3) is 0 Å². The zero-order chi connectivity index (χ0) is 23.9. The van der Waals surface area contributed by atoms with Gasteiger partial charge >= 0.3 is 11.9 Å². The Kier molecular flexibility index (Phi) is 22.2. The van der Waals surface area contributed by atoms with Gasteiger partial charge in [0.2, 0.25) is 0 Å². The first kappa shape index (κ1) is 30.9. The summed E-state index contributed by atoms with van der Waals surface area (Å²) < 4.78 is 0. The van der Waals surface area contributed by atoms with Gasteiger partial charge in [0.25, 0.3) is 0 Å². The van der Waals surface area contributed by atoms with Crippen molar-refractivity contribution in [3.05, 3.63) is 0 Å². The molecule has 6 nitrogen and oxygen atoms in total. The Morgan fingerprint density at radius 2 is 0.750 bits per heavy atom. The Balaban J connectivity index is 3.80. The van der Waals surface area contributed by atoms with Crippen molar-refractivity contribution < 1.29 is 19.3 Å². The van der Waals surface area contributed by atoms with Gasteiger partial charge in [-0.15, -0.1) is 10.1 Å². The Morgan fingerprint density at radius 1 is 0.469 bits per heavy atom. The van der Waals surface area contributed by atoms with Crippen molar-refractivity contribution in [1.29, 1.82) is 0 Å². The molecule has 0 aliphatic carbocycles. The number of nitrogens with zero attached hydrogens (tertiary/aromatic N) is 2. The van der Waals surface area contributed by atoms with E-state index in [1.165, 1.54) is 0 Å². The van der Waals surface area contributed by atoms with Gasteiger partial charge in [-0.3, -0.25) is 9.59 Å². The van der Waals surface area contributed by atoms with Crippen molar-refractivity contribution in [3.8, 4) is 0 Å². The minimum Gasteiger partial charge on any atom is -0.368 e. The maximum absolute atomic E-state index is 12.1. The second-order valence-corrected chi connectivity index (χ2v) is 8.82. The van der Waals surface area contributed by atoms with Crippen LogP contribution in [-0.4, -0.2) is 48.2 Å². The van der Waals surface area contributed by atoms with Gasteiger partial charge in [-0.1, -0.05) is 79.1 Å². The summed E-state index contributed by atoms with van der Waals surface area (Å²) in [4.78, 5) is 35.3. The Labute approximate surface area is 198 Å². The van der Waals surface area contributed by atoms with Crippen molar-refractivity contribution in [1.82, 2.24) is 10.1 Å². The zero-order valence-electron chi connectivity index (χ0n) is 21.7. The second kappa shape index (κ2) is 23.0. The SMILES string of the molecule is CCCCN(CCCC)OC(=O)CCCCCCCCC(=O)ON(CCCC)CCCC. The van der Waals surface area contributed by atoms with Crippen molar-refractivity contribution in [2.24, 2.45) is 0 Å². The first-order valence-electron chi connectivity index (χ1n) is 13.5. The number of carbonyl (C=O) groups is 2. The normalized spacial score (nSPS) is 11.3. The lowest BCUT2D eigenvalue weighted by molar-refractivity contribution is -0.192. The van der Waals surface area contributed by atoms with Crippen LogP contribution in [0, 0.1) is 0 Å². The molecule has 0 bridgehead atoms. The summed E-state index contributed by atoms with van der Waals surface area (Å²) in [6.07, 6.45) is 15.6. The largest absolute Gasteiger partial charge is 0.368 e. The Hall–Kier alpha value is -1.14. The van der Waals surface area contributed by atoms with E-state index in [2.05, 4.69) is 27.7 Å². The molecule has 0 unspecified atom stereocenters. The van der Waals surface area contributed by atoms with Crippen LogP contribution in [0.1, 0.15) is 130 Å². The third-order valence-electron chi connectivity index (χ3n) is 5.52. The van der Waals surface area contributed by atoms with Gasteiger partial charge in [-0.05, 0) is 38.5 Å². The molecule has 0 aromatic heterocycles. The molecule has 0 saturated carbocycles. The van der Waals surface area contributed by atoms with E-state index in [4.69, 9.17) is 9.68 Å². The lowest BCUT2D eigenvalue weighted by atomic mass is 10.1. The summed E-state index contributed by atoms with van der Waals surface area (Å²) in [6, 6.07) is 0. The molecule has 0 aliphatic rings. The van der Waals surface area contributed by atoms with E-state index >= 15 is 0 Å². The molecule has 0 aromatic carbocycles. The summed E-state index contributed by atoms with van der Waals surface area (Å²) in [5.74, 6) is -0.202. The zero-order valence-corrected chi connectivity index (χ0v) is 21.7. The molecule has 0 spiro atoms. The highest BCUT2D eigenvalue weighted by atomic mass is 16.7. The molecule has 0 aliphatic heterocycles. The molecule has 0 aromatic rings. The molecule has 0 radical (unpaired) electrons. The van der Waals surface area contributed by atoms with Crippen LogP contribution < -0.4 is 0 Å². The molecular weight excluding hydrogens is 404 g/mol. The van der Waals surface area contributed by atoms with Crippen molar-refractivity contribution in [3.63, 3.8) is 0 Å². The van der Waals surface area contributed by atoms with E-state index in [9.17, 15) is 9.59 Å². The maximum Gasteiger partial charge on any atom is 0.325 e. The highest BCUT2D eigenvalue weighted by Crippen LogP contribution is 2.11. The standard InChI is InChI=1S/C26H52N2O4/c1-5-9-21-27(22-10-6-2)31-25(29)19-17-15-13-14-16-18-20-26(30)32-28(23-11-7-3)24-12-8-4/h5-24H2,1-4H3.